The Labute approximate surface area is 174 Å². The molecule has 1 heterocycles. The van der Waals surface area contributed by atoms with Crippen LogP contribution in [0, 0.1) is 0 Å². The minimum Gasteiger partial charge on any atom is -0.497 e. The van der Waals surface area contributed by atoms with Gasteiger partial charge in [-0.2, -0.15) is 0 Å². The van der Waals surface area contributed by atoms with Gasteiger partial charge in [-0.15, -0.1) is 0 Å². The highest BCUT2D eigenvalue weighted by molar-refractivity contribution is 6.34. The molecule has 0 bridgehead atoms. The Kier molecular flexibility index (Phi) is 5.33. The molecular weight excluding hydrogens is 390 g/mol. The molecule has 1 aliphatic heterocycles. The quantitative estimate of drug-likeness (QED) is 0.719. The highest BCUT2D eigenvalue weighted by Crippen LogP contribution is 2.47. The van der Waals surface area contributed by atoms with E-state index in [1.165, 1.54) is 0 Å². The molecule has 1 atom stereocenters. The number of nitrogens with zero attached hydrogens (tertiary/aromatic N) is 1. The molecule has 4 rings (SSSR count). The van der Waals surface area contributed by atoms with Crippen LogP contribution in [0.2, 0.25) is 5.02 Å². The Morgan fingerprint density at radius 3 is 2.55 bits per heavy atom. The SMILES string of the molecule is COc1ccc(C2CC(=O)N(c3ccccc3Cl)C3=C2C(=O)CCC3)c(OC)c1. The van der Waals surface area contributed by atoms with Crippen LogP contribution in [0.1, 0.15) is 37.2 Å². The molecule has 1 amide bonds. The van der Waals surface area contributed by atoms with E-state index in [4.69, 9.17) is 21.1 Å². The first-order valence-corrected chi connectivity index (χ1v) is 9.98. The van der Waals surface area contributed by atoms with Crippen molar-refractivity contribution in [2.75, 3.05) is 19.1 Å². The lowest BCUT2D eigenvalue weighted by Crippen LogP contribution is -2.40. The monoisotopic (exact) mass is 411 g/mol. The fourth-order valence-electron chi connectivity index (χ4n) is 4.28. The highest BCUT2D eigenvalue weighted by atomic mass is 35.5. The van der Waals surface area contributed by atoms with Gasteiger partial charge < -0.3 is 9.47 Å². The number of methoxy groups -OCH3 is 2. The fourth-order valence-corrected chi connectivity index (χ4v) is 4.50. The van der Waals surface area contributed by atoms with Gasteiger partial charge in [-0.25, -0.2) is 0 Å². The largest absolute Gasteiger partial charge is 0.497 e. The Balaban J connectivity index is 1.88. The number of hydrogen-bond acceptors (Lipinski definition) is 4. The summed E-state index contributed by atoms with van der Waals surface area (Å²) in [5, 5.41) is 0.492. The van der Waals surface area contributed by atoms with Crippen molar-refractivity contribution in [3.8, 4) is 11.5 Å². The molecule has 0 saturated heterocycles. The van der Waals surface area contributed by atoms with Gasteiger partial charge >= 0.3 is 0 Å². The molecule has 0 saturated carbocycles. The first-order chi connectivity index (χ1) is 14.0. The number of ether oxygens (including phenoxy) is 2. The number of Topliss-reactive ketones (excluding diaryl/α,β-unsaturated/α-hetero) is 1. The van der Waals surface area contributed by atoms with E-state index in [0.717, 1.165) is 17.7 Å². The van der Waals surface area contributed by atoms with Crippen LogP contribution in [0.4, 0.5) is 5.69 Å². The summed E-state index contributed by atoms with van der Waals surface area (Å²) < 4.78 is 10.8. The number of rotatable bonds is 4. The second-order valence-corrected chi connectivity index (χ2v) is 7.59. The molecule has 0 radical (unpaired) electrons. The van der Waals surface area contributed by atoms with Crippen LogP contribution in [0.15, 0.2) is 53.7 Å². The van der Waals surface area contributed by atoms with E-state index in [1.54, 1.807) is 31.3 Å². The van der Waals surface area contributed by atoms with Crippen LogP contribution in [0.5, 0.6) is 11.5 Å². The zero-order valence-electron chi connectivity index (χ0n) is 16.4. The number of anilines is 1. The van der Waals surface area contributed by atoms with E-state index in [-0.39, 0.29) is 24.0 Å². The predicted molar refractivity (Wildman–Crippen MR) is 112 cm³/mol. The van der Waals surface area contributed by atoms with E-state index >= 15 is 0 Å². The Morgan fingerprint density at radius 1 is 1.03 bits per heavy atom. The second-order valence-electron chi connectivity index (χ2n) is 7.18. The maximum Gasteiger partial charge on any atom is 0.232 e. The fraction of sp³-hybridized carbons (Fsp3) is 0.304. The molecule has 150 valence electrons. The normalized spacial score (nSPS) is 19.3. The number of carbonyl (C=O) groups excluding carboxylic acids is 2. The molecule has 2 aromatic carbocycles. The molecule has 0 fully saturated rings. The van der Waals surface area contributed by atoms with Gasteiger partial charge in [0.25, 0.3) is 0 Å². The zero-order chi connectivity index (χ0) is 20.5. The summed E-state index contributed by atoms with van der Waals surface area (Å²) in [5.74, 6) is 0.936. The molecular formula is C23H22ClNO4. The van der Waals surface area contributed by atoms with Crippen molar-refractivity contribution in [3.05, 3.63) is 64.3 Å². The first kappa shape index (κ1) is 19.5. The summed E-state index contributed by atoms with van der Waals surface area (Å²) in [7, 11) is 3.17. The number of ketones is 1. The van der Waals surface area contributed by atoms with Crippen LogP contribution in [-0.2, 0) is 9.59 Å². The third kappa shape index (κ3) is 3.40. The molecule has 6 heteroatoms. The number of halogens is 1. The van der Waals surface area contributed by atoms with Crippen molar-refractivity contribution in [2.24, 2.45) is 0 Å². The number of carbonyl (C=O) groups is 2. The lowest BCUT2D eigenvalue weighted by Gasteiger charge is -2.38. The van der Waals surface area contributed by atoms with Crippen LogP contribution in [-0.4, -0.2) is 25.9 Å². The van der Waals surface area contributed by atoms with Gasteiger partial charge in [0.2, 0.25) is 5.91 Å². The summed E-state index contributed by atoms with van der Waals surface area (Å²) in [6.45, 7) is 0. The van der Waals surface area contributed by atoms with Gasteiger partial charge in [-0.1, -0.05) is 29.8 Å². The Hall–Kier alpha value is -2.79. The second kappa shape index (κ2) is 7.91. The standard InChI is InChI=1S/C23H22ClNO4/c1-28-14-10-11-15(21(12-14)29-2)16-13-22(27)25(18-7-4-3-6-17(18)24)19-8-5-9-20(26)23(16)19/h3-4,6-7,10-12,16H,5,8-9,13H2,1-2H3. The lowest BCUT2D eigenvalue weighted by molar-refractivity contribution is -0.119. The number of benzene rings is 2. The smallest absolute Gasteiger partial charge is 0.232 e. The number of hydrogen-bond donors (Lipinski definition) is 0. The average molecular weight is 412 g/mol. The topological polar surface area (TPSA) is 55.8 Å². The highest BCUT2D eigenvalue weighted by Gasteiger charge is 2.41. The van der Waals surface area contributed by atoms with Crippen LogP contribution < -0.4 is 14.4 Å². The van der Waals surface area contributed by atoms with Gasteiger partial charge in [-0.05, 0) is 31.0 Å². The third-order valence-electron chi connectivity index (χ3n) is 5.58. The van der Waals surface area contributed by atoms with Gasteiger partial charge in [0.05, 0.1) is 24.9 Å². The summed E-state index contributed by atoms with van der Waals surface area (Å²) in [4.78, 5) is 27.9. The number of para-hydroxylation sites is 1. The summed E-state index contributed by atoms with van der Waals surface area (Å²) in [6, 6.07) is 12.7. The molecule has 0 spiro atoms. The van der Waals surface area contributed by atoms with Crippen molar-refractivity contribution < 1.29 is 19.1 Å². The van der Waals surface area contributed by atoms with Crippen LogP contribution >= 0.6 is 11.6 Å². The van der Waals surface area contributed by atoms with Crippen molar-refractivity contribution >= 4 is 29.0 Å². The molecule has 1 aliphatic carbocycles. The average Bonchev–Trinajstić information content (AvgIpc) is 2.73. The van der Waals surface area contributed by atoms with E-state index < -0.39 is 0 Å². The van der Waals surface area contributed by atoms with E-state index in [2.05, 4.69) is 0 Å². The molecule has 2 aliphatic rings. The Bertz CT molecular complexity index is 1010. The summed E-state index contributed by atoms with van der Waals surface area (Å²) in [6.07, 6.45) is 2.04. The molecule has 2 aromatic rings. The molecule has 29 heavy (non-hydrogen) atoms. The maximum absolute atomic E-state index is 13.3. The predicted octanol–water partition coefficient (Wildman–Crippen LogP) is 4.88. The summed E-state index contributed by atoms with van der Waals surface area (Å²) >= 11 is 6.39. The van der Waals surface area contributed by atoms with E-state index in [9.17, 15) is 9.59 Å². The maximum atomic E-state index is 13.3. The van der Waals surface area contributed by atoms with Crippen molar-refractivity contribution in [3.63, 3.8) is 0 Å². The van der Waals surface area contributed by atoms with E-state index in [0.29, 0.717) is 40.6 Å². The van der Waals surface area contributed by atoms with E-state index in [1.807, 2.05) is 30.3 Å². The first-order valence-electron chi connectivity index (χ1n) is 9.60. The van der Waals surface area contributed by atoms with Crippen LogP contribution in [0.25, 0.3) is 0 Å². The molecule has 5 nitrogen and oxygen atoms in total. The van der Waals surface area contributed by atoms with Gasteiger partial charge in [0.15, 0.2) is 5.78 Å². The minimum atomic E-state index is -0.343. The minimum absolute atomic E-state index is 0.0746. The molecule has 1 unspecified atom stereocenters. The van der Waals surface area contributed by atoms with Crippen molar-refractivity contribution in [2.45, 2.75) is 31.6 Å². The van der Waals surface area contributed by atoms with Crippen LogP contribution in [0.3, 0.4) is 0 Å². The third-order valence-corrected chi connectivity index (χ3v) is 5.90. The summed E-state index contributed by atoms with van der Waals surface area (Å²) in [5.41, 5.74) is 2.90. The van der Waals surface area contributed by atoms with Crippen molar-refractivity contribution in [1.29, 1.82) is 0 Å². The van der Waals surface area contributed by atoms with Gasteiger partial charge in [-0.3, -0.25) is 14.5 Å². The number of allylic oxidation sites excluding steroid dienone is 2. The molecule has 0 aromatic heterocycles. The molecule has 0 N–H and O–H groups in total. The number of amides is 1. The van der Waals surface area contributed by atoms with Gasteiger partial charge in [0.1, 0.15) is 11.5 Å². The zero-order valence-corrected chi connectivity index (χ0v) is 17.2. The Morgan fingerprint density at radius 2 is 1.83 bits per heavy atom. The van der Waals surface area contributed by atoms with Gasteiger partial charge in [0, 0.05) is 41.7 Å². The van der Waals surface area contributed by atoms with Crippen molar-refractivity contribution in [1.82, 2.24) is 0 Å². The lowest BCUT2D eigenvalue weighted by atomic mass is 9.77.